The van der Waals surface area contributed by atoms with Gasteiger partial charge in [0.05, 0.1) is 0 Å². The quantitative estimate of drug-likeness (QED) is 0.632. The molecule has 0 unspecified atom stereocenters. The van der Waals surface area contributed by atoms with Crippen molar-refractivity contribution in [2.24, 2.45) is 0 Å². The second-order valence-corrected chi connectivity index (χ2v) is 7.05. The zero-order valence-electron chi connectivity index (χ0n) is 12.4. The van der Waals surface area contributed by atoms with E-state index in [9.17, 15) is 4.79 Å². The number of ether oxygens (including phenoxy) is 1. The minimum Gasteiger partial charge on any atom is -1.00 e. The Labute approximate surface area is 141 Å². The molecular formula is C15H20BrNO2Zn. The number of halogens is 1. The number of benzene rings is 1. The molecule has 0 aliphatic carbocycles. The minimum atomic E-state index is -0.423. The van der Waals surface area contributed by atoms with Gasteiger partial charge in [0.15, 0.2) is 0 Å². The van der Waals surface area contributed by atoms with Crippen LogP contribution in [0.5, 0.6) is 0 Å². The van der Waals surface area contributed by atoms with E-state index in [-0.39, 0.29) is 23.1 Å². The Kier molecular flexibility index (Phi) is 6.21. The fraction of sp³-hybridized carbons (Fsp3) is 0.533. The Morgan fingerprint density at radius 2 is 2.05 bits per heavy atom. The zero-order valence-corrected chi connectivity index (χ0v) is 17.0. The van der Waals surface area contributed by atoms with E-state index in [0.29, 0.717) is 6.54 Å². The Balaban J connectivity index is 0.00000200. The molecule has 1 aliphatic rings. The molecule has 0 radical (unpaired) electrons. The summed E-state index contributed by atoms with van der Waals surface area (Å²) in [6.45, 7) is 7.13. The van der Waals surface area contributed by atoms with Gasteiger partial charge in [-0.15, -0.1) is 0 Å². The van der Waals surface area contributed by atoms with E-state index in [2.05, 4.69) is 18.2 Å². The van der Waals surface area contributed by atoms with Crippen LogP contribution in [0.2, 0.25) is 0 Å². The summed E-state index contributed by atoms with van der Waals surface area (Å²) in [5.41, 5.74) is 3.65. The Morgan fingerprint density at radius 1 is 1.35 bits per heavy atom. The van der Waals surface area contributed by atoms with E-state index in [1.54, 1.807) is 4.90 Å². The number of rotatable bonds is 1. The first-order valence-corrected chi connectivity index (χ1v) is 8.87. The number of amides is 1. The molecule has 106 valence electrons. The third kappa shape index (κ3) is 4.56. The van der Waals surface area contributed by atoms with Gasteiger partial charge in [0.1, 0.15) is 0 Å². The summed E-state index contributed by atoms with van der Waals surface area (Å²) in [7, 11) is 0. The maximum atomic E-state index is 12.1. The predicted octanol–water partition coefficient (Wildman–Crippen LogP) is 0.0306. The maximum Gasteiger partial charge on any atom is -1.00 e. The van der Waals surface area contributed by atoms with E-state index in [0.717, 1.165) is 13.0 Å². The minimum absolute atomic E-state index is 0. The van der Waals surface area contributed by atoms with E-state index >= 15 is 0 Å². The first-order chi connectivity index (χ1) is 8.89. The third-order valence-electron chi connectivity index (χ3n) is 3.22. The summed E-state index contributed by atoms with van der Waals surface area (Å²) >= 11 is 1.29. The van der Waals surface area contributed by atoms with Crippen molar-refractivity contribution in [1.29, 1.82) is 0 Å². The van der Waals surface area contributed by atoms with Gasteiger partial charge in [-0.1, -0.05) is 0 Å². The fourth-order valence-electron chi connectivity index (χ4n) is 2.24. The Bertz CT molecular complexity index is 485. The number of carbonyl (C=O) groups excluding carboxylic acids is 1. The van der Waals surface area contributed by atoms with Crippen LogP contribution < -0.4 is 17.0 Å². The number of carbonyl (C=O) groups is 1. The smallest absolute Gasteiger partial charge is 1.00 e. The largest absolute Gasteiger partial charge is 1.00 e. The molecule has 0 spiro atoms. The van der Waals surface area contributed by atoms with Gasteiger partial charge >= 0.3 is 125 Å². The topological polar surface area (TPSA) is 29.5 Å². The molecule has 1 aromatic rings. The second kappa shape index (κ2) is 7.04. The fourth-order valence-corrected chi connectivity index (χ4v) is 2.90. The van der Waals surface area contributed by atoms with Gasteiger partial charge in [-0.25, -0.2) is 0 Å². The summed E-state index contributed by atoms with van der Waals surface area (Å²) in [6.07, 6.45) is 0.729. The van der Waals surface area contributed by atoms with Gasteiger partial charge in [0.2, 0.25) is 0 Å². The van der Waals surface area contributed by atoms with Crippen molar-refractivity contribution in [2.45, 2.75) is 44.4 Å². The zero-order chi connectivity index (χ0) is 14.0. The van der Waals surface area contributed by atoms with E-state index in [1.165, 1.54) is 40.0 Å². The van der Waals surface area contributed by atoms with E-state index in [4.69, 9.17) is 4.74 Å². The normalized spacial score (nSPS) is 14.3. The van der Waals surface area contributed by atoms with Crippen molar-refractivity contribution in [1.82, 2.24) is 4.90 Å². The molecule has 5 heteroatoms. The summed E-state index contributed by atoms with van der Waals surface area (Å²) < 4.78 is 5.43. The maximum absolute atomic E-state index is 12.1. The van der Waals surface area contributed by atoms with Crippen LogP contribution in [0.25, 0.3) is 0 Å². The summed E-state index contributed by atoms with van der Waals surface area (Å²) in [5.74, 6) is 0. The van der Waals surface area contributed by atoms with Crippen LogP contribution in [-0.4, -0.2) is 23.1 Å². The molecule has 0 aromatic heterocycles. The summed E-state index contributed by atoms with van der Waals surface area (Å²) in [5, 5.41) is 1.18. The van der Waals surface area contributed by atoms with Crippen LogP contribution >= 0.6 is 0 Å². The average Bonchev–Trinajstić information content (AvgIpc) is 2.35. The van der Waals surface area contributed by atoms with Crippen LogP contribution in [-0.2, 0) is 41.0 Å². The molecule has 1 heterocycles. The van der Waals surface area contributed by atoms with E-state index < -0.39 is 5.60 Å². The number of nitrogens with zero attached hydrogens (tertiary/aromatic N) is 1. The molecule has 0 fully saturated rings. The molecule has 2 rings (SSSR count). The van der Waals surface area contributed by atoms with Crippen molar-refractivity contribution >= 4 is 6.09 Å². The van der Waals surface area contributed by atoms with Crippen LogP contribution in [0.15, 0.2) is 18.2 Å². The standard InChI is InChI=1S/C15H20NO2.BrH.Zn/c1-11-5-6-13-10-16(8-7-12(13)9-11)14(17)18-15(2,3)4;;/h5-6,9H,1,7-8,10H2,2-4H3;1H;/q;;+1/p-1. The van der Waals surface area contributed by atoms with Gasteiger partial charge in [0.25, 0.3) is 0 Å². The van der Waals surface area contributed by atoms with Gasteiger partial charge < -0.3 is 17.0 Å². The monoisotopic (exact) mass is 389 g/mol. The van der Waals surface area contributed by atoms with Crippen molar-refractivity contribution in [3.05, 3.63) is 34.9 Å². The summed E-state index contributed by atoms with van der Waals surface area (Å²) in [4.78, 5) is 13.9. The molecular weight excluding hydrogens is 371 g/mol. The number of hydrogen-bond donors (Lipinski definition) is 0. The second-order valence-electron chi connectivity index (χ2n) is 6.00. The molecule has 0 N–H and O–H groups in total. The van der Waals surface area contributed by atoms with Crippen molar-refractivity contribution in [3.63, 3.8) is 0 Å². The molecule has 1 aromatic carbocycles. The molecule has 3 nitrogen and oxygen atoms in total. The molecule has 0 atom stereocenters. The first kappa shape index (κ1) is 17.6. The van der Waals surface area contributed by atoms with Crippen LogP contribution in [0.3, 0.4) is 0 Å². The molecule has 0 saturated carbocycles. The molecule has 0 bridgehead atoms. The van der Waals surface area contributed by atoms with Gasteiger partial charge in [-0.05, 0) is 0 Å². The molecule has 20 heavy (non-hydrogen) atoms. The molecule has 0 saturated heterocycles. The molecule has 1 amide bonds. The van der Waals surface area contributed by atoms with E-state index in [1.807, 2.05) is 20.8 Å². The first-order valence-electron chi connectivity index (χ1n) is 6.77. The number of hydrogen-bond acceptors (Lipinski definition) is 2. The summed E-state index contributed by atoms with van der Waals surface area (Å²) in [6, 6.07) is 6.64. The van der Waals surface area contributed by atoms with Crippen molar-refractivity contribution in [2.75, 3.05) is 6.54 Å². The van der Waals surface area contributed by atoms with Crippen molar-refractivity contribution < 1.29 is 44.8 Å². The SMILES string of the molecule is CC(C)(C)OC(=O)N1CCc2cc([CH2][Zn+])ccc2C1.[Br-]. The van der Waals surface area contributed by atoms with Crippen LogP contribution in [0.4, 0.5) is 4.79 Å². The Morgan fingerprint density at radius 3 is 2.65 bits per heavy atom. The van der Waals surface area contributed by atoms with Crippen molar-refractivity contribution in [3.8, 4) is 0 Å². The van der Waals surface area contributed by atoms with Gasteiger partial charge in [-0.2, -0.15) is 0 Å². The number of fused-ring (bicyclic) bond motifs is 1. The van der Waals surface area contributed by atoms with Gasteiger partial charge in [0, 0.05) is 0 Å². The van der Waals surface area contributed by atoms with Crippen LogP contribution in [0.1, 0.15) is 37.5 Å². The third-order valence-corrected chi connectivity index (χ3v) is 4.43. The van der Waals surface area contributed by atoms with Gasteiger partial charge in [-0.3, -0.25) is 0 Å². The molecule has 1 aliphatic heterocycles. The predicted molar refractivity (Wildman–Crippen MR) is 70.5 cm³/mol. The van der Waals surface area contributed by atoms with Crippen LogP contribution in [0, 0.1) is 0 Å². The Hall–Kier alpha value is -0.407. The average molecular weight is 392 g/mol.